The lowest BCUT2D eigenvalue weighted by Crippen LogP contribution is -2.25. The van der Waals surface area contributed by atoms with Crippen LogP contribution in [0.1, 0.15) is 13.3 Å². The molecule has 0 saturated carbocycles. The predicted molar refractivity (Wildman–Crippen MR) is 111 cm³/mol. The van der Waals surface area contributed by atoms with Gasteiger partial charge in [0, 0.05) is 10.9 Å². The molecule has 28 heavy (non-hydrogen) atoms. The maximum absolute atomic E-state index is 12.7. The Morgan fingerprint density at radius 1 is 1.18 bits per heavy atom. The van der Waals surface area contributed by atoms with Crippen LogP contribution in [0.2, 0.25) is 0 Å². The fourth-order valence-electron chi connectivity index (χ4n) is 2.97. The number of benzene rings is 2. The van der Waals surface area contributed by atoms with Gasteiger partial charge in [0.05, 0.1) is 18.0 Å². The Hall–Kier alpha value is -3.13. The number of ether oxygens (including phenoxy) is 1. The van der Waals surface area contributed by atoms with Crippen molar-refractivity contribution in [3.8, 4) is 5.75 Å². The van der Waals surface area contributed by atoms with Gasteiger partial charge >= 0.3 is 0 Å². The number of carbonyl (C=O) groups excluding carboxylic acids is 1. The van der Waals surface area contributed by atoms with Gasteiger partial charge in [-0.2, -0.15) is 0 Å². The van der Waals surface area contributed by atoms with Crippen LogP contribution >= 0.6 is 11.8 Å². The van der Waals surface area contributed by atoms with E-state index in [4.69, 9.17) is 4.74 Å². The molecule has 7 nitrogen and oxygen atoms in total. The number of rotatable bonds is 6. The van der Waals surface area contributed by atoms with Gasteiger partial charge in [-0.25, -0.2) is 4.98 Å². The molecule has 0 radical (unpaired) electrons. The zero-order valence-corrected chi connectivity index (χ0v) is 16.3. The van der Waals surface area contributed by atoms with Crippen LogP contribution in [-0.2, 0) is 4.79 Å². The van der Waals surface area contributed by atoms with E-state index < -0.39 is 0 Å². The van der Waals surface area contributed by atoms with Crippen LogP contribution in [0, 0.1) is 0 Å². The minimum absolute atomic E-state index is 0.127. The molecule has 0 saturated heterocycles. The number of anilines is 1. The Morgan fingerprint density at radius 2 is 1.96 bits per heavy atom. The lowest BCUT2D eigenvalue weighted by molar-refractivity contribution is -0.115. The zero-order valence-electron chi connectivity index (χ0n) is 15.5. The average Bonchev–Trinajstić information content (AvgIpc) is 3.10. The number of hydrogen-bond donors (Lipinski definition) is 2. The van der Waals surface area contributed by atoms with E-state index in [0.29, 0.717) is 28.7 Å². The second kappa shape index (κ2) is 7.85. The molecule has 2 aromatic carbocycles. The van der Waals surface area contributed by atoms with Crippen LogP contribution in [0.25, 0.3) is 22.1 Å². The molecular weight excluding hydrogens is 374 g/mol. The molecule has 4 rings (SSSR count). The van der Waals surface area contributed by atoms with Crippen molar-refractivity contribution in [2.24, 2.45) is 0 Å². The molecular formula is C20H19N5O2S. The SMILES string of the molecule is CC[C@@H](Sc1nnc2c(n1)[nH]c1ccccc12)C(=O)Nc1ccccc1OC. The molecule has 2 heterocycles. The highest BCUT2D eigenvalue weighted by Gasteiger charge is 2.21. The van der Waals surface area contributed by atoms with E-state index in [1.807, 2.05) is 49.4 Å². The molecule has 2 N–H and O–H groups in total. The van der Waals surface area contributed by atoms with E-state index in [2.05, 4.69) is 25.5 Å². The molecule has 4 aromatic rings. The first kappa shape index (κ1) is 18.2. The number of amides is 1. The Kier molecular flexibility index (Phi) is 5.12. The number of aromatic amines is 1. The van der Waals surface area contributed by atoms with Crippen molar-refractivity contribution < 1.29 is 9.53 Å². The largest absolute Gasteiger partial charge is 0.495 e. The van der Waals surface area contributed by atoms with Gasteiger partial charge in [0.25, 0.3) is 0 Å². The first-order chi connectivity index (χ1) is 13.7. The summed E-state index contributed by atoms with van der Waals surface area (Å²) in [5.74, 6) is 0.491. The van der Waals surface area contributed by atoms with Gasteiger partial charge in [-0.15, -0.1) is 10.2 Å². The molecule has 142 valence electrons. The molecule has 0 spiro atoms. The van der Waals surface area contributed by atoms with Gasteiger partial charge in [0.15, 0.2) is 5.65 Å². The van der Waals surface area contributed by atoms with Crippen molar-refractivity contribution in [1.29, 1.82) is 0 Å². The third-order valence-corrected chi connectivity index (χ3v) is 5.59. The quantitative estimate of drug-likeness (QED) is 0.481. The van der Waals surface area contributed by atoms with Gasteiger partial charge in [0.2, 0.25) is 11.1 Å². The van der Waals surface area contributed by atoms with E-state index >= 15 is 0 Å². The van der Waals surface area contributed by atoms with Crippen molar-refractivity contribution in [3.05, 3.63) is 48.5 Å². The number of nitrogens with zero attached hydrogens (tertiary/aromatic N) is 3. The third kappa shape index (κ3) is 3.50. The minimum atomic E-state index is -0.353. The summed E-state index contributed by atoms with van der Waals surface area (Å²) in [7, 11) is 1.58. The number of carbonyl (C=O) groups is 1. The number of fused-ring (bicyclic) bond motifs is 3. The Labute approximate surface area is 165 Å². The molecule has 0 bridgehead atoms. The van der Waals surface area contributed by atoms with Crippen LogP contribution in [0.5, 0.6) is 5.75 Å². The predicted octanol–water partition coefficient (Wildman–Crippen LogP) is 4.02. The lowest BCUT2D eigenvalue weighted by atomic mass is 10.2. The molecule has 0 unspecified atom stereocenters. The second-order valence-corrected chi connectivity index (χ2v) is 7.34. The third-order valence-electron chi connectivity index (χ3n) is 4.38. The van der Waals surface area contributed by atoms with Gasteiger partial charge < -0.3 is 15.0 Å². The van der Waals surface area contributed by atoms with Crippen molar-refractivity contribution in [3.63, 3.8) is 0 Å². The van der Waals surface area contributed by atoms with Gasteiger partial charge in [0.1, 0.15) is 11.3 Å². The summed E-state index contributed by atoms with van der Waals surface area (Å²) in [4.78, 5) is 20.6. The van der Waals surface area contributed by atoms with E-state index in [9.17, 15) is 4.79 Å². The van der Waals surface area contributed by atoms with E-state index in [1.54, 1.807) is 13.2 Å². The van der Waals surface area contributed by atoms with E-state index in [-0.39, 0.29) is 11.2 Å². The average molecular weight is 393 g/mol. The number of H-pyrrole nitrogens is 1. The topological polar surface area (TPSA) is 92.8 Å². The Bertz CT molecular complexity index is 1140. The van der Waals surface area contributed by atoms with Crippen LogP contribution in [0.4, 0.5) is 5.69 Å². The van der Waals surface area contributed by atoms with Crippen LogP contribution in [0.3, 0.4) is 0 Å². The zero-order chi connectivity index (χ0) is 19.5. The molecule has 0 fully saturated rings. The van der Waals surface area contributed by atoms with Crippen molar-refractivity contribution in [1.82, 2.24) is 20.2 Å². The van der Waals surface area contributed by atoms with Gasteiger partial charge in [-0.1, -0.05) is 49.0 Å². The van der Waals surface area contributed by atoms with Crippen LogP contribution in [-0.4, -0.2) is 38.4 Å². The molecule has 1 atom stereocenters. The fraction of sp³-hybridized carbons (Fsp3) is 0.200. The normalized spacial score (nSPS) is 12.2. The summed E-state index contributed by atoms with van der Waals surface area (Å²) in [6.45, 7) is 1.95. The Balaban J connectivity index is 1.55. The van der Waals surface area contributed by atoms with E-state index in [0.717, 1.165) is 16.4 Å². The maximum atomic E-state index is 12.7. The number of methoxy groups -OCH3 is 1. The van der Waals surface area contributed by atoms with Crippen molar-refractivity contribution in [2.75, 3.05) is 12.4 Å². The summed E-state index contributed by atoms with van der Waals surface area (Å²) in [6, 6.07) is 15.2. The smallest absolute Gasteiger partial charge is 0.238 e. The fourth-order valence-corrected chi connectivity index (χ4v) is 3.79. The summed E-state index contributed by atoms with van der Waals surface area (Å²) in [5.41, 5.74) is 2.99. The summed E-state index contributed by atoms with van der Waals surface area (Å²) < 4.78 is 5.29. The number of nitrogens with one attached hydrogen (secondary N) is 2. The van der Waals surface area contributed by atoms with Gasteiger partial charge in [-0.3, -0.25) is 4.79 Å². The highest BCUT2D eigenvalue weighted by Crippen LogP contribution is 2.28. The number of aromatic nitrogens is 4. The van der Waals surface area contributed by atoms with Crippen molar-refractivity contribution in [2.45, 2.75) is 23.8 Å². The van der Waals surface area contributed by atoms with Crippen LogP contribution in [0.15, 0.2) is 53.7 Å². The Morgan fingerprint density at radius 3 is 2.79 bits per heavy atom. The van der Waals surface area contributed by atoms with Crippen LogP contribution < -0.4 is 10.1 Å². The lowest BCUT2D eigenvalue weighted by Gasteiger charge is -2.15. The molecule has 2 aromatic heterocycles. The highest BCUT2D eigenvalue weighted by atomic mass is 32.2. The monoisotopic (exact) mass is 393 g/mol. The summed E-state index contributed by atoms with van der Waals surface area (Å²) >= 11 is 1.30. The van der Waals surface area contributed by atoms with E-state index in [1.165, 1.54) is 11.8 Å². The standard InChI is InChI=1S/C20H19N5O2S/c1-3-16(19(26)22-14-10-6-7-11-15(14)27-2)28-20-23-18-17(24-25-20)12-8-4-5-9-13(12)21-18/h4-11,16H,3H2,1-2H3,(H,22,26)(H,21,23,25)/t16-/m1/s1. The summed E-state index contributed by atoms with van der Waals surface area (Å²) in [6.07, 6.45) is 0.625. The molecule has 1 amide bonds. The van der Waals surface area contributed by atoms with Crippen molar-refractivity contribution >= 4 is 45.4 Å². The number of hydrogen-bond acceptors (Lipinski definition) is 6. The highest BCUT2D eigenvalue weighted by molar-refractivity contribution is 8.00. The molecule has 0 aliphatic carbocycles. The molecule has 0 aliphatic heterocycles. The minimum Gasteiger partial charge on any atom is -0.495 e. The molecule has 8 heteroatoms. The van der Waals surface area contributed by atoms with Gasteiger partial charge in [-0.05, 0) is 24.6 Å². The summed E-state index contributed by atoms with van der Waals surface area (Å²) in [5, 5.41) is 12.5. The number of thioether (sulfide) groups is 1. The first-order valence-electron chi connectivity index (χ1n) is 8.91. The maximum Gasteiger partial charge on any atom is 0.238 e. The first-order valence-corrected chi connectivity index (χ1v) is 9.79. The number of para-hydroxylation sites is 3. The second-order valence-electron chi connectivity index (χ2n) is 6.17. The molecule has 0 aliphatic rings.